The molecule has 146 valence electrons. The molecule has 28 heavy (non-hydrogen) atoms. The lowest BCUT2D eigenvalue weighted by Gasteiger charge is -2.31. The van der Waals surface area contributed by atoms with E-state index < -0.39 is 0 Å². The summed E-state index contributed by atoms with van der Waals surface area (Å²) in [6, 6.07) is 14.0. The highest BCUT2D eigenvalue weighted by molar-refractivity contribution is 7.16. The topological polar surface area (TPSA) is 45.2 Å². The number of thiophene rings is 1. The zero-order valence-corrected chi connectivity index (χ0v) is 17.7. The lowest BCUT2D eigenvalue weighted by atomic mass is 10.0. The van der Waals surface area contributed by atoms with Crippen LogP contribution >= 0.6 is 22.7 Å². The van der Waals surface area contributed by atoms with E-state index in [1.54, 1.807) is 22.7 Å². The highest BCUT2D eigenvalue weighted by Crippen LogP contribution is 2.29. The molecule has 1 N–H and O–H groups in total. The molecule has 0 radical (unpaired) electrons. The van der Waals surface area contributed by atoms with Crippen molar-refractivity contribution in [1.29, 1.82) is 0 Å². The minimum Gasteiger partial charge on any atom is -0.341 e. The van der Waals surface area contributed by atoms with Gasteiger partial charge in [0.15, 0.2) is 0 Å². The van der Waals surface area contributed by atoms with Crippen LogP contribution in [0.3, 0.4) is 0 Å². The number of rotatable bonds is 6. The monoisotopic (exact) mass is 411 g/mol. The molecular weight excluding hydrogens is 386 g/mol. The number of nitrogens with one attached hydrogen (secondary N) is 1. The maximum absolute atomic E-state index is 13.2. The Bertz CT molecular complexity index is 913. The van der Waals surface area contributed by atoms with Gasteiger partial charge in [-0.05, 0) is 43.9 Å². The van der Waals surface area contributed by atoms with E-state index >= 15 is 0 Å². The number of aryl methyl sites for hydroxylation is 1. The highest BCUT2D eigenvalue weighted by Gasteiger charge is 2.26. The van der Waals surface area contributed by atoms with Gasteiger partial charge in [-0.25, -0.2) is 4.98 Å². The van der Waals surface area contributed by atoms with E-state index in [2.05, 4.69) is 27.8 Å². The predicted molar refractivity (Wildman–Crippen MR) is 117 cm³/mol. The molecule has 0 spiro atoms. The van der Waals surface area contributed by atoms with Gasteiger partial charge in [0.05, 0.1) is 15.6 Å². The van der Waals surface area contributed by atoms with Crippen LogP contribution < -0.4 is 5.32 Å². The number of likely N-dealkylation sites (tertiary alicyclic amines) is 1. The summed E-state index contributed by atoms with van der Waals surface area (Å²) in [6.45, 7) is 4.44. The Morgan fingerprint density at radius 3 is 2.64 bits per heavy atom. The smallest absolute Gasteiger partial charge is 0.244 e. The molecule has 3 heterocycles. The quantitative estimate of drug-likeness (QED) is 0.619. The molecule has 4 rings (SSSR count). The van der Waals surface area contributed by atoms with Crippen LogP contribution in [0.4, 0.5) is 0 Å². The van der Waals surface area contributed by atoms with Crippen LogP contribution in [0.5, 0.6) is 0 Å². The first-order valence-corrected chi connectivity index (χ1v) is 11.5. The van der Waals surface area contributed by atoms with Gasteiger partial charge in [-0.2, -0.15) is 0 Å². The largest absolute Gasteiger partial charge is 0.341 e. The molecule has 6 heteroatoms. The molecular formula is C22H25N3OS2. The number of benzene rings is 1. The number of carbonyl (C=O) groups excluding carboxylic acids is 1. The van der Waals surface area contributed by atoms with Crippen LogP contribution in [-0.4, -0.2) is 28.9 Å². The second kappa shape index (κ2) is 8.99. The first-order chi connectivity index (χ1) is 13.7. The summed E-state index contributed by atoms with van der Waals surface area (Å²) in [5, 5.41) is 6.71. The third-order valence-corrected chi connectivity index (χ3v) is 6.94. The fourth-order valence-corrected chi connectivity index (χ4v) is 5.19. The number of thiazole rings is 1. The number of amides is 1. The van der Waals surface area contributed by atoms with E-state index in [0.29, 0.717) is 6.54 Å². The second-order valence-corrected chi connectivity index (χ2v) is 9.36. The number of piperidine rings is 1. The van der Waals surface area contributed by atoms with Gasteiger partial charge in [-0.1, -0.05) is 30.3 Å². The fourth-order valence-electron chi connectivity index (χ4n) is 3.58. The SMILES string of the molecule is Cc1nc(-c2ccc(CN[C@H](C(=O)N3CCCCC3)c3ccccc3)s2)cs1. The first kappa shape index (κ1) is 19.3. The van der Waals surface area contributed by atoms with Crippen molar-refractivity contribution < 1.29 is 4.79 Å². The Labute approximate surface area is 174 Å². The first-order valence-electron chi connectivity index (χ1n) is 9.79. The number of nitrogens with zero attached hydrogens (tertiary/aromatic N) is 2. The van der Waals surface area contributed by atoms with E-state index in [1.165, 1.54) is 16.2 Å². The summed E-state index contributed by atoms with van der Waals surface area (Å²) in [5.41, 5.74) is 2.08. The standard InChI is InChI=1S/C22H25N3OS2/c1-16-24-19(15-27-16)20-11-10-18(28-20)14-23-21(17-8-4-2-5-9-17)22(26)25-12-6-3-7-13-25/h2,4-5,8-11,15,21,23H,3,6-7,12-14H2,1H3/t21-/m0/s1. The van der Waals surface area contributed by atoms with E-state index in [1.807, 2.05) is 42.2 Å². The van der Waals surface area contributed by atoms with Gasteiger partial charge in [0, 0.05) is 29.9 Å². The van der Waals surface area contributed by atoms with Crippen molar-refractivity contribution in [2.75, 3.05) is 13.1 Å². The van der Waals surface area contributed by atoms with Crippen LogP contribution in [0.15, 0.2) is 47.8 Å². The van der Waals surface area contributed by atoms with Crippen LogP contribution in [0, 0.1) is 6.92 Å². The molecule has 1 aromatic carbocycles. The molecule has 1 atom stereocenters. The third kappa shape index (κ3) is 4.51. The molecule has 4 nitrogen and oxygen atoms in total. The Hall–Kier alpha value is -2.02. The van der Waals surface area contributed by atoms with Crippen molar-refractivity contribution in [3.05, 3.63) is 63.3 Å². The lowest BCUT2D eigenvalue weighted by molar-refractivity contribution is -0.134. The Morgan fingerprint density at radius 2 is 1.93 bits per heavy atom. The van der Waals surface area contributed by atoms with Gasteiger partial charge in [-0.3, -0.25) is 10.1 Å². The summed E-state index contributed by atoms with van der Waals surface area (Å²) in [5.74, 6) is 0.192. The van der Waals surface area contributed by atoms with Gasteiger partial charge >= 0.3 is 0 Å². The summed E-state index contributed by atoms with van der Waals surface area (Å²) in [7, 11) is 0. The van der Waals surface area contributed by atoms with Crippen molar-refractivity contribution >= 4 is 28.6 Å². The maximum Gasteiger partial charge on any atom is 0.244 e. The average molecular weight is 412 g/mol. The van der Waals surface area contributed by atoms with Crippen molar-refractivity contribution in [3.63, 3.8) is 0 Å². The van der Waals surface area contributed by atoms with Crippen molar-refractivity contribution in [3.8, 4) is 10.6 Å². The lowest BCUT2D eigenvalue weighted by Crippen LogP contribution is -2.43. The van der Waals surface area contributed by atoms with Crippen molar-refractivity contribution in [2.45, 2.75) is 38.8 Å². The molecule has 0 bridgehead atoms. The molecule has 3 aromatic rings. The number of hydrogen-bond donors (Lipinski definition) is 1. The minimum absolute atomic E-state index is 0.192. The number of hydrogen-bond acceptors (Lipinski definition) is 5. The van der Waals surface area contributed by atoms with Crippen LogP contribution in [-0.2, 0) is 11.3 Å². The van der Waals surface area contributed by atoms with Crippen LogP contribution in [0.1, 0.15) is 40.8 Å². The predicted octanol–water partition coefficient (Wildman–Crippen LogP) is 5.02. The highest BCUT2D eigenvalue weighted by atomic mass is 32.1. The summed E-state index contributed by atoms with van der Waals surface area (Å²) >= 11 is 3.41. The molecule has 2 aromatic heterocycles. The van der Waals surface area contributed by atoms with E-state index in [0.717, 1.165) is 42.2 Å². The average Bonchev–Trinajstić information content (AvgIpc) is 3.38. The molecule has 1 aliphatic rings. The van der Waals surface area contributed by atoms with E-state index in [-0.39, 0.29) is 11.9 Å². The Balaban J connectivity index is 1.48. The summed E-state index contributed by atoms with van der Waals surface area (Å²) in [4.78, 5) is 22.2. The summed E-state index contributed by atoms with van der Waals surface area (Å²) in [6.07, 6.45) is 3.43. The zero-order valence-electron chi connectivity index (χ0n) is 16.1. The molecule has 1 saturated heterocycles. The molecule has 0 aliphatic carbocycles. The Morgan fingerprint density at radius 1 is 1.14 bits per heavy atom. The Kier molecular flexibility index (Phi) is 6.20. The van der Waals surface area contributed by atoms with Gasteiger partial charge in [0.25, 0.3) is 0 Å². The second-order valence-electron chi connectivity index (χ2n) is 7.13. The fraction of sp³-hybridized carbons (Fsp3) is 0.364. The number of carbonyl (C=O) groups is 1. The van der Waals surface area contributed by atoms with E-state index in [4.69, 9.17) is 0 Å². The normalized spacial score (nSPS) is 15.5. The summed E-state index contributed by atoms with van der Waals surface area (Å²) < 4.78 is 0. The van der Waals surface area contributed by atoms with Crippen LogP contribution in [0.2, 0.25) is 0 Å². The van der Waals surface area contributed by atoms with Crippen LogP contribution in [0.25, 0.3) is 10.6 Å². The maximum atomic E-state index is 13.2. The van der Waals surface area contributed by atoms with Gasteiger partial charge in [0.1, 0.15) is 6.04 Å². The molecule has 0 unspecified atom stereocenters. The molecule has 1 aliphatic heterocycles. The van der Waals surface area contributed by atoms with Gasteiger partial charge < -0.3 is 4.90 Å². The van der Waals surface area contributed by atoms with Crippen molar-refractivity contribution in [2.24, 2.45) is 0 Å². The van der Waals surface area contributed by atoms with E-state index in [9.17, 15) is 4.79 Å². The molecule has 0 saturated carbocycles. The third-order valence-electron chi connectivity index (χ3n) is 5.06. The number of aromatic nitrogens is 1. The minimum atomic E-state index is -0.300. The zero-order chi connectivity index (χ0) is 19.3. The van der Waals surface area contributed by atoms with Gasteiger partial charge in [-0.15, -0.1) is 22.7 Å². The molecule has 1 amide bonds. The van der Waals surface area contributed by atoms with Gasteiger partial charge in [0.2, 0.25) is 5.91 Å². The molecule has 1 fully saturated rings. The van der Waals surface area contributed by atoms with Crippen molar-refractivity contribution in [1.82, 2.24) is 15.2 Å².